The van der Waals surface area contributed by atoms with Crippen LogP contribution in [-0.4, -0.2) is 65.0 Å². The van der Waals surface area contributed by atoms with Gasteiger partial charge in [-0.3, -0.25) is 9.69 Å². The zero-order valence-corrected chi connectivity index (χ0v) is 17.9. The van der Waals surface area contributed by atoms with Crippen LogP contribution in [0, 0.1) is 0 Å². The number of hydrogen-bond donors (Lipinski definition) is 1. The highest BCUT2D eigenvalue weighted by Gasteiger charge is 2.22. The fraction of sp³-hybridized carbons (Fsp3) is 0.333. The minimum atomic E-state index is -0.242. The fourth-order valence-corrected chi connectivity index (χ4v) is 4.21. The van der Waals surface area contributed by atoms with Crippen LogP contribution in [0.3, 0.4) is 0 Å². The quantitative estimate of drug-likeness (QED) is 0.615. The number of benzene rings is 2. The third-order valence-corrected chi connectivity index (χ3v) is 5.99. The molecule has 166 valence electrons. The molecule has 0 radical (unpaired) electrons. The molecule has 0 saturated carbocycles. The summed E-state index contributed by atoms with van der Waals surface area (Å²) in [5.41, 5.74) is 9.44. The van der Waals surface area contributed by atoms with Crippen LogP contribution in [0.4, 0.5) is 0 Å². The Balaban J connectivity index is 1.38. The Kier molecular flexibility index (Phi) is 5.79. The monoisotopic (exact) mass is 433 g/mol. The number of aromatic nitrogens is 2. The van der Waals surface area contributed by atoms with Gasteiger partial charge in [-0.25, -0.2) is 4.68 Å². The number of para-hydroxylation sites is 1. The Morgan fingerprint density at radius 2 is 1.72 bits per heavy atom. The number of ether oxygens (including phenoxy) is 2. The Bertz CT molecular complexity index is 1090. The number of hydrogen-bond acceptors (Lipinski definition) is 6. The molecular formula is C24H27N5O3. The molecule has 32 heavy (non-hydrogen) atoms. The van der Waals surface area contributed by atoms with Crippen molar-refractivity contribution in [2.45, 2.75) is 13.0 Å². The van der Waals surface area contributed by atoms with Gasteiger partial charge in [-0.05, 0) is 30.3 Å². The number of piperazine rings is 1. The van der Waals surface area contributed by atoms with Crippen LogP contribution >= 0.6 is 0 Å². The van der Waals surface area contributed by atoms with Crippen molar-refractivity contribution in [3.8, 4) is 28.4 Å². The van der Waals surface area contributed by atoms with Crippen molar-refractivity contribution in [2.24, 2.45) is 5.73 Å². The maximum atomic E-state index is 11.1. The Labute approximate surface area is 187 Å². The first-order valence-electron chi connectivity index (χ1n) is 10.9. The van der Waals surface area contributed by atoms with E-state index in [-0.39, 0.29) is 12.7 Å². The van der Waals surface area contributed by atoms with Crippen molar-refractivity contribution in [3.05, 3.63) is 60.3 Å². The molecule has 0 aliphatic carbocycles. The lowest BCUT2D eigenvalue weighted by Gasteiger charge is -2.34. The van der Waals surface area contributed by atoms with Gasteiger partial charge in [0.25, 0.3) is 0 Å². The summed E-state index contributed by atoms with van der Waals surface area (Å²) in [6.45, 7) is 5.53. The zero-order chi connectivity index (χ0) is 21.9. The highest BCUT2D eigenvalue weighted by atomic mass is 16.7. The van der Waals surface area contributed by atoms with Gasteiger partial charge in [0, 0.05) is 63.0 Å². The summed E-state index contributed by atoms with van der Waals surface area (Å²) in [4.78, 5) is 15.8. The van der Waals surface area contributed by atoms with E-state index in [1.54, 1.807) is 0 Å². The lowest BCUT2D eigenvalue weighted by Crippen LogP contribution is -2.46. The maximum absolute atomic E-state index is 11.1. The fourth-order valence-electron chi connectivity index (χ4n) is 4.21. The summed E-state index contributed by atoms with van der Waals surface area (Å²) in [6, 6.07) is 16.1. The Morgan fingerprint density at radius 1 is 0.969 bits per heavy atom. The van der Waals surface area contributed by atoms with Gasteiger partial charge in [0.15, 0.2) is 11.5 Å². The molecule has 8 nitrogen and oxygen atoms in total. The summed E-state index contributed by atoms with van der Waals surface area (Å²) in [5, 5.41) is 4.94. The molecule has 1 amide bonds. The molecule has 1 aromatic heterocycles. The number of rotatable bonds is 7. The van der Waals surface area contributed by atoms with Crippen molar-refractivity contribution in [1.29, 1.82) is 0 Å². The van der Waals surface area contributed by atoms with Crippen LogP contribution in [0.5, 0.6) is 11.5 Å². The van der Waals surface area contributed by atoms with E-state index in [1.807, 2.05) is 41.1 Å². The normalized spacial score (nSPS) is 16.4. The summed E-state index contributed by atoms with van der Waals surface area (Å²) in [5.74, 6) is 1.28. The first kappa shape index (κ1) is 20.5. The first-order chi connectivity index (χ1) is 15.7. The number of carbonyl (C=O) groups is 1. The van der Waals surface area contributed by atoms with Crippen LogP contribution in [0.1, 0.15) is 12.0 Å². The van der Waals surface area contributed by atoms with E-state index in [9.17, 15) is 4.79 Å². The number of amides is 1. The minimum absolute atomic E-state index is 0.242. The van der Waals surface area contributed by atoms with Gasteiger partial charge in [-0.2, -0.15) is 5.10 Å². The van der Waals surface area contributed by atoms with Gasteiger partial charge in [0.1, 0.15) is 0 Å². The van der Waals surface area contributed by atoms with Crippen LogP contribution in [0.15, 0.2) is 54.7 Å². The molecule has 0 atom stereocenters. The molecule has 0 bridgehead atoms. The molecule has 3 aromatic rings. The molecule has 5 rings (SSSR count). The second-order valence-corrected chi connectivity index (χ2v) is 8.19. The molecule has 3 heterocycles. The largest absolute Gasteiger partial charge is 0.454 e. The molecule has 2 aromatic carbocycles. The molecule has 2 aliphatic heterocycles. The van der Waals surface area contributed by atoms with E-state index in [0.29, 0.717) is 6.42 Å². The van der Waals surface area contributed by atoms with E-state index in [2.05, 4.69) is 28.1 Å². The molecule has 2 aliphatic rings. The first-order valence-corrected chi connectivity index (χ1v) is 10.9. The van der Waals surface area contributed by atoms with E-state index in [0.717, 1.165) is 67.7 Å². The van der Waals surface area contributed by atoms with E-state index in [1.165, 1.54) is 5.56 Å². The molecule has 0 unspecified atom stereocenters. The van der Waals surface area contributed by atoms with E-state index in [4.69, 9.17) is 20.3 Å². The van der Waals surface area contributed by atoms with Crippen molar-refractivity contribution in [1.82, 2.24) is 19.6 Å². The number of nitrogens with two attached hydrogens (primary N) is 1. The highest BCUT2D eigenvalue weighted by molar-refractivity contribution is 5.73. The molecule has 1 saturated heterocycles. The van der Waals surface area contributed by atoms with Gasteiger partial charge in [0.2, 0.25) is 12.7 Å². The number of primary amides is 1. The molecular weight excluding hydrogens is 406 g/mol. The highest BCUT2D eigenvalue weighted by Crippen LogP contribution is 2.36. The summed E-state index contributed by atoms with van der Waals surface area (Å²) >= 11 is 0. The Hall–Kier alpha value is -3.36. The van der Waals surface area contributed by atoms with Gasteiger partial charge in [-0.15, -0.1) is 0 Å². The van der Waals surface area contributed by atoms with E-state index >= 15 is 0 Å². The van der Waals surface area contributed by atoms with Crippen LogP contribution < -0.4 is 15.2 Å². The zero-order valence-electron chi connectivity index (χ0n) is 17.9. The topological polar surface area (TPSA) is 85.9 Å². The van der Waals surface area contributed by atoms with Crippen molar-refractivity contribution >= 4 is 5.91 Å². The molecule has 1 fully saturated rings. The standard InChI is InChI=1S/C24H27N5O3/c25-23(30)8-9-27-10-12-28(13-11-27)15-19-16-29(20-4-2-1-3-5-20)26-24(19)18-6-7-21-22(14-18)32-17-31-21/h1-7,14,16H,8-13,15,17H2,(H2,25,30). The number of carbonyl (C=O) groups excluding carboxylic acids is 1. The predicted molar refractivity (Wildman–Crippen MR) is 121 cm³/mol. The molecule has 8 heteroatoms. The third-order valence-electron chi connectivity index (χ3n) is 5.99. The molecule has 2 N–H and O–H groups in total. The van der Waals surface area contributed by atoms with Crippen LogP contribution in [0.25, 0.3) is 16.9 Å². The average Bonchev–Trinajstić information content (AvgIpc) is 3.46. The van der Waals surface area contributed by atoms with Crippen molar-refractivity contribution in [3.63, 3.8) is 0 Å². The predicted octanol–water partition coefficient (Wildman–Crippen LogP) is 2.26. The summed E-state index contributed by atoms with van der Waals surface area (Å²) in [7, 11) is 0. The number of fused-ring (bicyclic) bond motifs is 1. The maximum Gasteiger partial charge on any atom is 0.231 e. The van der Waals surface area contributed by atoms with E-state index < -0.39 is 0 Å². The average molecular weight is 434 g/mol. The Morgan fingerprint density at radius 3 is 2.50 bits per heavy atom. The smallest absolute Gasteiger partial charge is 0.231 e. The van der Waals surface area contributed by atoms with Gasteiger partial charge < -0.3 is 20.1 Å². The van der Waals surface area contributed by atoms with Gasteiger partial charge in [-0.1, -0.05) is 18.2 Å². The minimum Gasteiger partial charge on any atom is -0.454 e. The van der Waals surface area contributed by atoms with Crippen molar-refractivity contribution < 1.29 is 14.3 Å². The SMILES string of the molecule is NC(=O)CCN1CCN(Cc2cn(-c3ccccc3)nc2-c2ccc3c(c2)OCO3)CC1. The number of nitrogens with zero attached hydrogens (tertiary/aromatic N) is 4. The van der Waals surface area contributed by atoms with Gasteiger partial charge >= 0.3 is 0 Å². The second-order valence-electron chi connectivity index (χ2n) is 8.19. The van der Waals surface area contributed by atoms with Gasteiger partial charge in [0.05, 0.1) is 11.4 Å². The lowest BCUT2D eigenvalue weighted by atomic mass is 10.1. The summed E-state index contributed by atoms with van der Waals surface area (Å²) in [6.07, 6.45) is 2.53. The molecule has 0 spiro atoms. The van der Waals surface area contributed by atoms with Crippen LogP contribution in [-0.2, 0) is 11.3 Å². The lowest BCUT2D eigenvalue weighted by molar-refractivity contribution is -0.118. The summed E-state index contributed by atoms with van der Waals surface area (Å²) < 4.78 is 13.0. The van der Waals surface area contributed by atoms with Crippen molar-refractivity contribution in [2.75, 3.05) is 39.5 Å². The second kappa shape index (κ2) is 9.02. The van der Waals surface area contributed by atoms with Crippen LogP contribution in [0.2, 0.25) is 0 Å². The third kappa shape index (κ3) is 4.46.